The van der Waals surface area contributed by atoms with Gasteiger partial charge in [-0.15, -0.1) is 0 Å². The molecule has 2 rings (SSSR count). The summed E-state index contributed by atoms with van der Waals surface area (Å²) in [6.45, 7) is 6.92. The van der Waals surface area contributed by atoms with Gasteiger partial charge in [-0.3, -0.25) is 0 Å². The highest BCUT2D eigenvalue weighted by molar-refractivity contribution is 5.43. The minimum Gasteiger partial charge on any atom is -0.368 e. The first-order valence-corrected chi connectivity index (χ1v) is 8.11. The Morgan fingerprint density at radius 1 is 1.00 bits per heavy atom. The normalized spacial score (nSPS) is 16.0. The molecule has 0 aliphatic heterocycles. The van der Waals surface area contributed by atoms with E-state index in [-0.39, 0.29) is 0 Å². The van der Waals surface area contributed by atoms with Crippen molar-refractivity contribution in [1.29, 1.82) is 0 Å². The monoisotopic (exact) mass is 292 g/mol. The zero-order valence-electron chi connectivity index (χ0n) is 13.5. The molecule has 6 nitrogen and oxygen atoms in total. The van der Waals surface area contributed by atoms with Crippen LogP contribution in [0.15, 0.2) is 0 Å². The van der Waals surface area contributed by atoms with Gasteiger partial charge in [-0.1, -0.05) is 19.3 Å². The Labute approximate surface area is 127 Å². The highest BCUT2D eigenvalue weighted by Crippen LogP contribution is 2.25. The summed E-state index contributed by atoms with van der Waals surface area (Å²) in [4.78, 5) is 17.4. The second-order valence-corrected chi connectivity index (χ2v) is 5.85. The van der Waals surface area contributed by atoms with E-state index < -0.39 is 0 Å². The van der Waals surface area contributed by atoms with Crippen LogP contribution in [0, 0.1) is 5.92 Å². The Hall–Kier alpha value is -1.59. The van der Waals surface area contributed by atoms with Crippen LogP contribution in [0.3, 0.4) is 0 Å². The van der Waals surface area contributed by atoms with Crippen molar-refractivity contribution in [2.45, 2.75) is 46.0 Å². The molecule has 0 saturated heterocycles. The third-order valence-corrected chi connectivity index (χ3v) is 4.27. The van der Waals surface area contributed by atoms with Crippen LogP contribution >= 0.6 is 0 Å². The molecule has 1 aliphatic carbocycles. The van der Waals surface area contributed by atoms with Crippen molar-refractivity contribution in [1.82, 2.24) is 15.0 Å². The van der Waals surface area contributed by atoms with Gasteiger partial charge in [0.25, 0.3) is 0 Å². The molecule has 0 unspecified atom stereocenters. The van der Waals surface area contributed by atoms with Crippen LogP contribution in [-0.4, -0.2) is 41.6 Å². The molecular formula is C15H28N6. The fourth-order valence-corrected chi connectivity index (χ4v) is 3.03. The van der Waals surface area contributed by atoms with Crippen LogP contribution in [0.4, 0.5) is 17.8 Å². The molecule has 1 saturated carbocycles. The van der Waals surface area contributed by atoms with Gasteiger partial charge in [0.05, 0.1) is 0 Å². The number of aromatic nitrogens is 3. The highest BCUT2D eigenvalue weighted by Gasteiger charge is 2.18. The van der Waals surface area contributed by atoms with Crippen molar-refractivity contribution in [2.75, 3.05) is 42.2 Å². The minimum atomic E-state index is 0.303. The van der Waals surface area contributed by atoms with E-state index in [0.29, 0.717) is 17.8 Å². The minimum absolute atomic E-state index is 0.303. The maximum Gasteiger partial charge on any atom is 0.231 e. The van der Waals surface area contributed by atoms with Crippen LogP contribution in [0.5, 0.6) is 0 Å². The molecule has 0 aromatic carbocycles. The Balaban J connectivity index is 2.10. The summed E-state index contributed by atoms with van der Waals surface area (Å²) >= 11 is 0. The first kappa shape index (κ1) is 15.8. The lowest BCUT2D eigenvalue weighted by molar-refractivity contribution is 0.361. The van der Waals surface area contributed by atoms with Crippen LogP contribution in [0.2, 0.25) is 0 Å². The molecule has 6 heteroatoms. The topological polar surface area (TPSA) is 71.2 Å². The summed E-state index contributed by atoms with van der Waals surface area (Å²) < 4.78 is 0. The van der Waals surface area contributed by atoms with Gasteiger partial charge in [-0.2, -0.15) is 15.0 Å². The Bertz CT molecular complexity index is 440. The van der Waals surface area contributed by atoms with Gasteiger partial charge in [-0.25, -0.2) is 0 Å². The van der Waals surface area contributed by atoms with E-state index in [2.05, 4.69) is 45.6 Å². The van der Waals surface area contributed by atoms with Gasteiger partial charge >= 0.3 is 0 Å². The van der Waals surface area contributed by atoms with Crippen molar-refractivity contribution in [2.24, 2.45) is 5.92 Å². The standard InChI is InChI=1S/C15H28N6/c1-4-21(5-2)15-18-13(16)17-14(19-15)20(3)11-12-9-7-6-8-10-12/h12H,4-11H2,1-3H3,(H2,16,17,18,19). The number of hydrogen-bond donors (Lipinski definition) is 1. The van der Waals surface area contributed by atoms with Crippen molar-refractivity contribution in [3.63, 3.8) is 0 Å². The molecule has 1 aliphatic rings. The molecule has 118 valence electrons. The summed E-state index contributed by atoms with van der Waals surface area (Å²) in [6.07, 6.45) is 6.71. The quantitative estimate of drug-likeness (QED) is 0.867. The van der Waals surface area contributed by atoms with Crippen LogP contribution in [-0.2, 0) is 0 Å². The molecule has 1 aromatic rings. The Morgan fingerprint density at radius 2 is 1.62 bits per heavy atom. The van der Waals surface area contributed by atoms with E-state index in [9.17, 15) is 0 Å². The van der Waals surface area contributed by atoms with Gasteiger partial charge in [0.1, 0.15) is 0 Å². The van der Waals surface area contributed by atoms with Gasteiger partial charge in [0.15, 0.2) is 0 Å². The third kappa shape index (κ3) is 4.19. The van der Waals surface area contributed by atoms with Gasteiger partial charge < -0.3 is 15.5 Å². The Kier molecular flexibility index (Phi) is 5.59. The average Bonchev–Trinajstić information content (AvgIpc) is 2.49. The number of anilines is 3. The summed E-state index contributed by atoms with van der Waals surface area (Å²) in [7, 11) is 2.05. The zero-order chi connectivity index (χ0) is 15.2. The molecule has 21 heavy (non-hydrogen) atoms. The summed E-state index contributed by atoms with van der Waals surface area (Å²) in [5.74, 6) is 2.42. The molecule has 0 spiro atoms. The Morgan fingerprint density at radius 3 is 2.24 bits per heavy atom. The molecule has 1 aromatic heterocycles. The van der Waals surface area contributed by atoms with Crippen LogP contribution in [0.25, 0.3) is 0 Å². The lowest BCUT2D eigenvalue weighted by atomic mass is 9.89. The highest BCUT2D eigenvalue weighted by atomic mass is 15.3. The number of hydrogen-bond acceptors (Lipinski definition) is 6. The van der Waals surface area contributed by atoms with Crippen molar-refractivity contribution >= 4 is 17.8 Å². The predicted molar refractivity (Wildman–Crippen MR) is 87.6 cm³/mol. The van der Waals surface area contributed by atoms with E-state index in [1.807, 2.05) is 0 Å². The van der Waals surface area contributed by atoms with E-state index in [0.717, 1.165) is 25.6 Å². The third-order valence-electron chi connectivity index (χ3n) is 4.27. The first-order chi connectivity index (χ1) is 10.1. The van der Waals surface area contributed by atoms with Gasteiger partial charge in [-0.05, 0) is 32.6 Å². The largest absolute Gasteiger partial charge is 0.368 e. The SMILES string of the molecule is CCN(CC)c1nc(N)nc(N(C)CC2CCCCC2)n1. The van der Waals surface area contributed by atoms with Crippen LogP contribution < -0.4 is 15.5 Å². The summed E-state index contributed by atoms with van der Waals surface area (Å²) in [6, 6.07) is 0. The second-order valence-electron chi connectivity index (χ2n) is 5.85. The van der Waals surface area contributed by atoms with Crippen molar-refractivity contribution in [3.8, 4) is 0 Å². The number of nitrogen functional groups attached to an aromatic ring is 1. The van der Waals surface area contributed by atoms with Gasteiger partial charge in [0, 0.05) is 26.7 Å². The zero-order valence-corrected chi connectivity index (χ0v) is 13.5. The molecule has 2 N–H and O–H groups in total. The fraction of sp³-hybridized carbons (Fsp3) is 0.800. The first-order valence-electron chi connectivity index (χ1n) is 8.11. The molecule has 0 amide bonds. The summed E-state index contributed by atoms with van der Waals surface area (Å²) in [5.41, 5.74) is 5.86. The maximum atomic E-state index is 5.86. The van der Waals surface area contributed by atoms with Crippen molar-refractivity contribution in [3.05, 3.63) is 0 Å². The average molecular weight is 292 g/mol. The molecule has 0 atom stereocenters. The van der Waals surface area contributed by atoms with Crippen LogP contribution in [0.1, 0.15) is 46.0 Å². The second kappa shape index (κ2) is 7.43. The van der Waals surface area contributed by atoms with E-state index in [4.69, 9.17) is 5.73 Å². The van der Waals surface area contributed by atoms with E-state index in [1.165, 1.54) is 32.1 Å². The predicted octanol–water partition coefficient (Wildman–Crippen LogP) is 2.32. The summed E-state index contributed by atoms with van der Waals surface area (Å²) in [5, 5.41) is 0. The lowest BCUT2D eigenvalue weighted by Gasteiger charge is -2.27. The lowest BCUT2D eigenvalue weighted by Crippen LogP contribution is -2.30. The number of rotatable bonds is 6. The van der Waals surface area contributed by atoms with Gasteiger partial charge in [0.2, 0.25) is 17.8 Å². The molecule has 1 fully saturated rings. The fourth-order valence-electron chi connectivity index (χ4n) is 3.03. The smallest absolute Gasteiger partial charge is 0.231 e. The number of nitrogens with zero attached hydrogens (tertiary/aromatic N) is 5. The van der Waals surface area contributed by atoms with E-state index in [1.54, 1.807) is 0 Å². The van der Waals surface area contributed by atoms with E-state index >= 15 is 0 Å². The van der Waals surface area contributed by atoms with Crippen molar-refractivity contribution < 1.29 is 0 Å². The molecule has 0 bridgehead atoms. The number of nitrogens with two attached hydrogens (primary N) is 1. The molecular weight excluding hydrogens is 264 g/mol. The molecule has 0 radical (unpaired) electrons. The molecule has 1 heterocycles. The maximum absolute atomic E-state index is 5.86.